The molecule has 0 aliphatic heterocycles. The molecule has 0 spiro atoms. The van der Waals surface area contributed by atoms with Crippen LogP contribution < -0.4 is 14.9 Å². The number of methoxy groups -OCH3 is 2. The number of nitrogens with zero attached hydrogens (tertiary/aromatic N) is 1. The van der Waals surface area contributed by atoms with Gasteiger partial charge in [0.25, 0.3) is 5.91 Å². The van der Waals surface area contributed by atoms with E-state index in [2.05, 4.69) is 10.5 Å². The van der Waals surface area contributed by atoms with Gasteiger partial charge in [-0.1, -0.05) is 17.7 Å². The van der Waals surface area contributed by atoms with Crippen molar-refractivity contribution in [2.45, 2.75) is 0 Å². The topological polar surface area (TPSA) is 59.9 Å². The first kappa shape index (κ1) is 15.3. The standard InChI is InChI=1S/C14H13ClN2O3S/c1-19-11-6-9(10(15)7-12(11)20-2)8-16-17-14(18)13-4-3-5-21-13/h3-8H,1-2H3,(H,17,18)/b16-8-. The fourth-order valence-corrected chi connectivity index (χ4v) is 2.41. The van der Waals surface area contributed by atoms with Gasteiger partial charge in [0, 0.05) is 11.6 Å². The molecular weight excluding hydrogens is 312 g/mol. The molecule has 1 aromatic heterocycles. The highest BCUT2D eigenvalue weighted by Crippen LogP contribution is 2.32. The van der Waals surface area contributed by atoms with Crippen LogP contribution in [-0.2, 0) is 0 Å². The lowest BCUT2D eigenvalue weighted by Crippen LogP contribution is -2.16. The second-order valence-corrected chi connectivity index (χ2v) is 5.26. The number of thiophene rings is 1. The quantitative estimate of drug-likeness (QED) is 0.678. The zero-order chi connectivity index (χ0) is 15.2. The number of nitrogens with one attached hydrogen (secondary N) is 1. The first-order valence-corrected chi connectivity index (χ1v) is 7.20. The van der Waals surface area contributed by atoms with E-state index in [1.54, 1.807) is 24.3 Å². The van der Waals surface area contributed by atoms with E-state index < -0.39 is 0 Å². The highest BCUT2D eigenvalue weighted by atomic mass is 35.5. The van der Waals surface area contributed by atoms with Crippen LogP contribution in [0.2, 0.25) is 5.02 Å². The Morgan fingerprint density at radius 1 is 1.33 bits per heavy atom. The second-order valence-electron chi connectivity index (χ2n) is 3.91. The number of hydrogen-bond acceptors (Lipinski definition) is 5. The molecule has 21 heavy (non-hydrogen) atoms. The van der Waals surface area contributed by atoms with Gasteiger partial charge >= 0.3 is 0 Å². The number of carbonyl (C=O) groups is 1. The summed E-state index contributed by atoms with van der Waals surface area (Å²) in [6.45, 7) is 0. The summed E-state index contributed by atoms with van der Waals surface area (Å²) < 4.78 is 10.3. The zero-order valence-electron chi connectivity index (χ0n) is 11.4. The number of hydrogen-bond donors (Lipinski definition) is 1. The lowest BCUT2D eigenvalue weighted by molar-refractivity contribution is 0.0959. The highest BCUT2D eigenvalue weighted by Gasteiger charge is 2.09. The molecule has 0 unspecified atom stereocenters. The minimum atomic E-state index is -0.266. The van der Waals surface area contributed by atoms with Gasteiger partial charge in [-0.15, -0.1) is 11.3 Å². The summed E-state index contributed by atoms with van der Waals surface area (Å²) in [5, 5.41) is 6.16. The van der Waals surface area contributed by atoms with Gasteiger partial charge in [-0.05, 0) is 17.5 Å². The van der Waals surface area contributed by atoms with Crippen molar-refractivity contribution >= 4 is 35.1 Å². The van der Waals surface area contributed by atoms with Crippen molar-refractivity contribution in [1.82, 2.24) is 5.43 Å². The van der Waals surface area contributed by atoms with Gasteiger partial charge in [-0.3, -0.25) is 4.79 Å². The van der Waals surface area contributed by atoms with Crippen LogP contribution in [0.25, 0.3) is 0 Å². The molecule has 1 amide bonds. The van der Waals surface area contributed by atoms with E-state index in [0.29, 0.717) is 27.0 Å². The number of benzene rings is 1. The molecule has 1 heterocycles. The molecule has 110 valence electrons. The Hall–Kier alpha value is -2.05. The van der Waals surface area contributed by atoms with Crippen molar-refractivity contribution in [1.29, 1.82) is 0 Å². The third-order valence-corrected chi connectivity index (χ3v) is 3.81. The molecule has 1 aromatic carbocycles. The summed E-state index contributed by atoms with van der Waals surface area (Å²) in [6, 6.07) is 6.83. The Kier molecular flexibility index (Phi) is 5.19. The lowest BCUT2D eigenvalue weighted by Gasteiger charge is -2.09. The summed E-state index contributed by atoms with van der Waals surface area (Å²) in [7, 11) is 3.06. The van der Waals surface area contributed by atoms with Gasteiger partial charge in [0.15, 0.2) is 11.5 Å². The van der Waals surface area contributed by atoms with E-state index in [1.165, 1.54) is 31.8 Å². The number of hydrazone groups is 1. The lowest BCUT2D eigenvalue weighted by atomic mass is 10.2. The Bertz CT molecular complexity index is 656. The van der Waals surface area contributed by atoms with Gasteiger partial charge in [-0.25, -0.2) is 5.43 Å². The molecule has 2 aromatic rings. The van der Waals surface area contributed by atoms with Crippen molar-refractivity contribution in [3.63, 3.8) is 0 Å². The van der Waals surface area contributed by atoms with E-state index >= 15 is 0 Å². The third kappa shape index (κ3) is 3.74. The molecule has 0 atom stereocenters. The van der Waals surface area contributed by atoms with Crippen LogP contribution in [-0.4, -0.2) is 26.3 Å². The second kappa shape index (κ2) is 7.10. The monoisotopic (exact) mass is 324 g/mol. The van der Waals surface area contributed by atoms with E-state index in [9.17, 15) is 4.79 Å². The Morgan fingerprint density at radius 2 is 2.05 bits per heavy atom. The summed E-state index contributed by atoms with van der Waals surface area (Å²) >= 11 is 7.46. The number of ether oxygens (including phenoxy) is 2. The average molecular weight is 325 g/mol. The summed E-state index contributed by atoms with van der Waals surface area (Å²) in [6.07, 6.45) is 1.45. The van der Waals surface area contributed by atoms with Crippen LogP contribution in [0.15, 0.2) is 34.7 Å². The fourth-order valence-electron chi connectivity index (χ4n) is 1.59. The van der Waals surface area contributed by atoms with Crippen molar-refractivity contribution in [2.75, 3.05) is 14.2 Å². The SMILES string of the molecule is COc1cc(Cl)c(/C=N\NC(=O)c2cccs2)cc1OC. The highest BCUT2D eigenvalue weighted by molar-refractivity contribution is 7.12. The molecule has 0 aliphatic rings. The maximum absolute atomic E-state index is 11.7. The molecular formula is C14H13ClN2O3S. The van der Waals surface area contributed by atoms with Gasteiger partial charge in [0.1, 0.15) is 0 Å². The van der Waals surface area contributed by atoms with Crippen LogP contribution >= 0.6 is 22.9 Å². The Labute approximate surface area is 131 Å². The average Bonchev–Trinajstić information content (AvgIpc) is 3.02. The largest absolute Gasteiger partial charge is 0.493 e. The van der Waals surface area contributed by atoms with Gasteiger partial charge < -0.3 is 9.47 Å². The first-order chi connectivity index (χ1) is 10.2. The summed E-state index contributed by atoms with van der Waals surface area (Å²) in [5.74, 6) is 0.799. The molecule has 0 saturated heterocycles. The maximum atomic E-state index is 11.7. The molecule has 0 saturated carbocycles. The normalized spacial score (nSPS) is 10.6. The zero-order valence-corrected chi connectivity index (χ0v) is 13.0. The number of halogens is 1. The van der Waals surface area contributed by atoms with Crippen LogP contribution in [0.5, 0.6) is 11.5 Å². The van der Waals surface area contributed by atoms with Crippen molar-refractivity contribution < 1.29 is 14.3 Å². The van der Waals surface area contributed by atoms with E-state index in [4.69, 9.17) is 21.1 Å². The number of rotatable bonds is 5. The van der Waals surface area contributed by atoms with E-state index in [0.717, 1.165) is 0 Å². The van der Waals surface area contributed by atoms with Crippen molar-refractivity contribution in [3.8, 4) is 11.5 Å². The molecule has 0 aliphatic carbocycles. The molecule has 0 bridgehead atoms. The van der Waals surface area contributed by atoms with Crippen LogP contribution in [0.3, 0.4) is 0 Å². The molecule has 2 rings (SSSR count). The van der Waals surface area contributed by atoms with E-state index in [-0.39, 0.29) is 5.91 Å². The fraction of sp³-hybridized carbons (Fsp3) is 0.143. The first-order valence-electron chi connectivity index (χ1n) is 5.94. The van der Waals surface area contributed by atoms with Crippen LogP contribution in [0.1, 0.15) is 15.2 Å². The smallest absolute Gasteiger partial charge is 0.281 e. The maximum Gasteiger partial charge on any atom is 0.281 e. The molecule has 7 heteroatoms. The molecule has 1 N–H and O–H groups in total. The van der Waals surface area contributed by atoms with Crippen molar-refractivity contribution in [3.05, 3.63) is 45.1 Å². The summed E-state index contributed by atoms with van der Waals surface area (Å²) in [5.41, 5.74) is 3.05. The third-order valence-electron chi connectivity index (χ3n) is 2.62. The number of carbonyl (C=O) groups excluding carboxylic acids is 1. The van der Waals surface area contributed by atoms with Gasteiger partial charge in [0.2, 0.25) is 0 Å². The van der Waals surface area contributed by atoms with Crippen LogP contribution in [0, 0.1) is 0 Å². The summed E-state index contributed by atoms with van der Waals surface area (Å²) in [4.78, 5) is 12.3. The minimum absolute atomic E-state index is 0.266. The predicted octanol–water partition coefficient (Wildman–Crippen LogP) is 3.18. The Morgan fingerprint density at radius 3 is 2.67 bits per heavy atom. The predicted molar refractivity (Wildman–Crippen MR) is 83.9 cm³/mol. The minimum Gasteiger partial charge on any atom is -0.493 e. The number of amides is 1. The molecule has 5 nitrogen and oxygen atoms in total. The molecule has 0 radical (unpaired) electrons. The van der Waals surface area contributed by atoms with Gasteiger partial charge in [0.05, 0.1) is 30.3 Å². The Balaban J connectivity index is 2.12. The van der Waals surface area contributed by atoms with Crippen molar-refractivity contribution in [2.24, 2.45) is 5.10 Å². The van der Waals surface area contributed by atoms with Gasteiger partial charge in [-0.2, -0.15) is 5.10 Å². The van der Waals surface area contributed by atoms with Crippen LogP contribution in [0.4, 0.5) is 0 Å². The molecule has 0 fully saturated rings. The van der Waals surface area contributed by atoms with E-state index in [1.807, 2.05) is 5.38 Å².